The van der Waals surface area contributed by atoms with Crippen LogP contribution in [0.3, 0.4) is 0 Å². The van der Waals surface area contributed by atoms with Crippen molar-refractivity contribution >= 4 is 23.4 Å². The molecule has 0 aliphatic carbocycles. The number of carbonyl (C=O) groups excluding carboxylic acids is 1. The van der Waals surface area contributed by atoms with Gasteiger partial charge >= 0.3 is 0 Å². The van der Waals surface area contributed by atoms with E-state index in [1.165, 1.54) is 36.0 Å². The van der Waals surface area contributed by atoms with E-state index in [2.05, 4.69) is 15.5 Å². The number of hydrogen-bond acceptors (Lipinski definition) is 5. The highest BCUT2D eigenvalue weighted by Crippen LogP contribution is 2.24. The minimum Gasteiger partial charge on any atom is -0.461 e. The minimum atomic E-state index is -0.344. The number of benzene rings is 1. The summed E-state index contributed by atoms with van der Waals surface area (Å²) in [6.45, 7) is 2.63. The fourth-order valence-electron chi connectivity index (χ4n) is 2.13. The third kappa shape index (κ3) is 3.65. The van der Waals surface area contributed by atoms with E-state index >= 15 is 0 Å². The molecular weight excluding hydrogens is 331 g/mol. The van der Waals surface area contributed by atoms with E-state index in [1.54, 1.807) is 12.3 Å². The number of aromatic nitrogens is 3. The van der Waals surface area contributed by atoms with Gasteiger partial charge in [0.05, 0.1) is 12.0 Å². The number of anilines is 1. The van der Waals surface area contributed by atoms with Gasteiger partial charge in [-0.1, -0.05) is 11.8 Å². The van der Waals surface area contributed by atoms with Crippen LogP contribution in [-0.4, -0.2) is 26.4 Å². The average molecular weight is 346 g/mol. The third-order valence-corrected chi connectivity index (χ3v) is 4.20. The van der Waals surface area contributed by atoms with Crippen molar-refractivity contribution in [1.29, 1.82) is 0 Å². The van der Waals surface area contributed by atoms with Crippen molar-refractivity contribution in [1.82, 2.24) is 14.8 Å². The zero-order chi connectivity index (χ0) is 16.9. The Bertz CT molecular complexity index is 815. The van der Waals surface area contributed by atoms with Crippen LogP contribution in [0.1, 0.15) is 6.92 Å². The minimum absolute atomic E-state index is 0.174. The Morgan fingerprint density at radius 3 is 2.75 bits per heavy atom. The molecule has 1 amide bonds. The molecule has 1 aromatic carbocycles. The fraction of sp³-hybridized carbons (Fsp3) is 0.188. The van der Waals surface area contributed by atoms with E-state index in [-0.39, 0.29) is 17.5 Å². The molecule has 0 saturated carbocycles. The fourth-order valence-corrected chi connectivity index (χ4v) is 2.93. The number of nitrogens with zero attached hydrogens (tertiary/aromatic N) is 3. The van der Waals surface area contributed by atoms with Gasteiger partial charge in [0.15, 0.2) is 16.7 Å². The Morgan fingerprint density at radius 1 is 1.29 bits per heavy atom. The zero-order valence-corrected chi connectivity index (χ0v) is 13.7. The first-order valence-electron chi connectivity index (χ1n) is 7.32. The molecule has 6 nitrogen and oxygen atoms in total. The lowest BCUT2D eigenvalue weighted by molar-refractivity contribution is -0.113. The van der Waals surface area contributed by atoms with Gasteiger partial charge in [0.1, 0.15) is 5.82 Å². The van der Waals surface area contributed by atoms with Gasteiger partial charge in [0.2, 0.25) is 5.91 Å². The van der Waals surface area contributed by atoms with Crippen LogP contribution in [0.4, 0.5) is 10.1 Å². The Hall–Kier alpha value is -2.61. The smallest absolute Gasteiger partial charge is 0.234 e. The Kier molecular flexibility index (Phi) is 4.95. The van der Waals surface area contributed by atoms with Crippen molar-refractivity contribution < 1.29 is 13.6 Å². The molecule has 0 atom stereocenters. The highest BCUT2D eigenvalue weighted by atomic mass is 32.2. The van der Waals surface area contributed by atoms with Gasteiger partial charge in [0, 0.05) is 12.2 Å². The molecule has 0 fully saturated rings. The molecule has 3 rings (SSSR count). The summed E-state index contributed by atoms with van der Waals surface area (Å²) in [5.74, 6) is 0.893. The molecule has 1 N–H and O–H groups in total. The SMILES string of the molecule is CCn1c(SCC(=O)Nc2ccc(F)cc2)nnc1-c1ccco1. The Balaban J connectivity index is 1.64. The van der Waals surface area contributed by atoms with Crippen molar-refractivity contribution in [2.24, 2.45) is 0 Å². The summed E-state index contributed by atoms with van der Waals surface area (Å²) >= 11 is 1.28. The van der Waals surface area contributed by atoms with Gasteiger partial charge in [-0.3, -0.25) is 9.36 Å². The molecule has 2 heterocycles. The standard InChI is InChI=1S/C16H15FN4O2S/c1-2-21-15(13-4-3-9-23-13)19-20-16(21)24-10-14(22)18-12-7-5-11(17)6-8-12/h3-9H,2,10H2,1H3,(H,18,22). The van der Waals surface area contributed by atoms with Gasteiger partial charge < -0.3 is 9.73 Å². The molecule has 0 unspecified atom stereocenters. The highest BCUT2D eigenvalue weighted by Gasteiger charge is 2.16. The van der Waals surface area contributed by atoms with E-state index in [0.29, 0.717) is 29.0 Å². The number of hydrogen-bond donors (Lipinski definition) is 1. The maximum atomic E-state index is 12.9. The quantitative estimate of drug-likeness (QED) is 0.692. The van der Waals surface area contributed by atoms with Gasteiger partial charge in [0.25, 0.3) is 0 Å². The molecule has 0 spiro atoms. The van der Waals surface area contributed by atoms with Crippen molar-refractivity contribution in [3.8, 4) is 11.6 Å². The number of carbonyl (C=O) groups is 1. The first-order valence-corrected chi connectivity index (χ1v) is 8.31. The average Bonchev–Trinajstić information content (AvgIpc) is 3.23. The second kappa shape index (κ2) is 7.31. The van der Waals surface area contributed by atoms with Crippen LogP contribution in [-0.2, 0) is 11.3 Å². The van der Waals surface area contributed by atoms with Crippen LogP contribution in [0.2, 0.25) is 0 Å². The Morgan fingerprint density at radius 2 is 2.08 bits per heavy atom. The van der Waals surface area contributed by atoms with Crippen molar-refractivity contribution in [2.45, 2.75) is 18.6 Å². The van der Waals surface area contributed by atoms with Crippen LogP contribution in [0.5, 0.6) is 0 Å². The van der Waals surface area contributed by atoms with E-state index in [0.717, 1.165) is 0 Å². The lowest BCUT2D eigenvalue weighted by atomic mass is 10.3. The van der Waals surface area contributed by atoms with E-state index < -0.39 is 0 Å². The summed E-state index contributed by atoms with van der Waals surface area (Å²) in [6.07, 6.45) is 1.58. The first-order chi connectivity index (χ1) is 11.7. The monoisotopic (exact) mass is 346 g/mol. The number of furan rings is 1. The van der Waals surface area contributed by atoms with Gasteiger partial charge in [-0.25, -0.2) is 4.39 Å². The molecule has 8 heteroatoms. The summed E-state index contributed by atoms with van der Waals surface area (Å²) in [5, 5.41) is 11.6. The van der Waals surface area contributed by atoms with Gasteiger partial charge in [-0.2, -0.15) is 0 Å². The highest BCUT2D eigenvalue weighted by molar-refractivity contribution is 7.99. The maximum Gasteiger partial charge on any atom is 0.234 e. The molecule has 3 aromatic rings. The lowest BCUT2D eigenvalue weighted by Crippen LogP contribution is -2.14. The number of halogens is 1. The second-order valence-corrected chi connectivity index (χ2v) is 5.81. The van der Waals surface area contributed by atoms with E-state index in [4.69, 9.17) is 4.42 Å². The first kappa shape index (κ1) is 16.3. The van der Waals surface area contributed by atoms with Crippen LogP contribution >= 0.6 is 11.8 Å². The summed E-state index contributed by atoms with van der Waals surface area (Å²) in [5.41, 5.74) is 0.551. The summed E-state index contributed by atoms with van der Waals surface area (Å²) in [6, 6.07) is 9.22. The summed E-state index contributed by atoms with van der Waals surface area (Å²) < 4.78 is 20.1. The summed E-state index contributed by atoms with van der Waals surface area (Å²) in [7, 11) is 0. The van der Waals surface area contributed by atoms with Crippen molar-refractivity contribution in [3.63, 3.8) is 0 Å². The van der Waals surface area contributed by atoms with Crippen LogP contribution in [0.25, 0.3) is 11.6 Å². The normalized spacial score (nSPS) is 10.8. The van der Waals surface area contributed by atoms with E-state index in [1.807, 2.05) is 17.6 Å². The molecule has 0 saturated heterocycles. The molecule has 2 aromatic heterocycles. The van der Waals surface area contributed by atoms with Crippen LogP contribution in [0, 0.1) is 5.82 Å². The molecule has 0 radical (unpaired) electrons. The largest absolute Gasteiger partial charge is 0.461 e. The lowest BCUT2D eigenvalue weighted by Gasteiger charge is -2.06. The molecule has 0 bridgehead atoms. The molecule has 24 heavy (non-hydrogen) atoms. The number of nitrogens with one attached hydrogen (secondary N) is 1. The number of rotatable bonds is 6. The van der Waals surface area contributed by atoms with Gasteiger partial charge in [-0.15, -0.1) is 10.2 Å². The number of amides is 1. The topological polar surface area (TPSA) is 73.0 Å². The number of thioether (sulfide) groups is 1. The molecular formula is C16H15FN4O2S. The van der Waals surface area contributed by atoms with Crippen molar-refractivity contribution in [2.75, 3.05) is 11.1 Å². The van der Waals surface area contributed by atoms with Crippen LogP contribution in [0.15, 0.2) is 52.2 Å². The van der Waals surface area contributed by atoms with Crippen LogP contribution < -0.4 is 5.32 Å². The maximum absolute atomic E-state index is 12.9. The predicted molar refractivity (Wildman–Crippen MR) is 89.2 cm³/mol. The van der Waals surface area contributed by atoms with Gasteiger partial charge in [-0.05, 0) is 43.3 Å². The molecule has 0 aliphatic heterocycles. The predicted octanol–water partition coefficient (Wildman–Crippen LogP) is 3.43. The summed E-state index contributed by atoms with van der Waals surface area (Å²) in [4.78, 5) is 12.0. The van der Waals surface area contributed by atoms with Crippen molar-refractivity contribution in [3.05, 3.63) is 48.5 Å². The molecule has 0 aliphatic rings. The van der Waals surface area contributed by atoms with E-state index in [9.17, 15) is 9.18 Å². The zero-order valence-electron chi connectivity index (χ0n) is 12.9. The Labute approximate surface area is 142 Å². The third-order valence-electron chi connectivity index (χ3n) is 3.23. The molecule has 124 valence electrons. The second-order valence-electron chi connectivity index (χ2n) is 4.87.